The van der Waals surface area contributed by atoms with E-state index < -0.39 is 5.60 Å². The SMILES string of the molecule is CC(C)N1C[C@@H](COC(c2ccccc2)(c2ccccc2)c2ccccc2)OC1=O. The van der Waals surface area contributed by atoms with Crippen LogP contribution in [0.3, 0.4) is 0 Å². The highest BCUT2D eigenvalue weighted by atomic mass is 16.6. The average molecular weight is 402 g/mol. The lowest BCUT2D eigenvalue weighted by atomic mass is 9.80. The fraction of sp³-hybridized carbons (Fsp3) is 0.269. The van der Waals surface area contributed by atoms with Gasteiger partial charge < -0.3 is 14.4 Å². The van der Waals surface area contributed by atoms with E-state index in [4.69, 9.17) is 9.47 Å². The van der Waals surface area contributed by atoms with Crippen LogP contribution in [0.4, 0.5) is 4.79 Å². The van der Waals surface area contributed by atoms with Gasteiger partial charge >= 0.3 is 6.09 Å². The van der Waals surface area contributed by atoms with Gasteiger partial charge in [0.05, 0.1) is 13.2 Å². The summed E-state index contributed by atoms with van der Waals surface area (Å²) < 4.78 is 12.3. The van der Waals surface area contributed by atoms with Crippen molar-refractivity contribution in [1.29, 1.82) is 0 Å². The summed E-state index contributed by atoms with van der Waals surface area (Å²) in [5.41, 5.74) is 2.30. The molecule has 3 aromatic carbocycles. The molecule has 1 amide bonds. The van der Waals surface area contributed by atoms with E-state index in [0.717, 1.165) is 16.7 Å². The Bertz CT molecular complexity index is 861. The number of nitrogens with zero attached hydrogens (tertiary/aromatic N) is 1. The lowest BCUT2D eigenvalue weighted by Crippen LogP contribution is -2.37. The average Bonchev–Trinajstić information content (AvgIpc) is 3.17. The maximum Gasteiger partial charge on any atom is 0.410 e. The molecule has 4 nitrogen and oxygen atoms in total. The minimum Gasteiger partial charge on any atom is -0.442 e. The first kappa shape index (κ1) is 20.2. The molecule has 4 heteroatoms. The fourth-order valence-corrected chi connectivity index (χ4v) is 4.04. The van der Waals surface area contributed by atoms with Crippen LogP contribution in [0.5, 0.6) is 0 Å². The maximum atomic E-state index is 12.2. The molecule has 0 radical (unpaired) electrons. The molecule has 154 valence electrons. The first-order valence-corrected chi connectivity index (χ1v) is 10.4. The smallest absolute Gasteiger partial charge is 0.410 e. The summed E-state index contributed by atoms with van der Waals surface area (Å²) in [7, 11) is 0. The molecule has 1 fully saturated rings. The molecular weight excluding hydrogens is 374 g/mol. The highest BCUT2D eigenvalue weighted by Gasteiger charge is 2.40. The van der Waals surface area contributed by atoms with Crippen LogP contribution in [-0.2, 0) is 15.1 Å². The number of carbonyl (C=O) groups excluding carboxylic acids is 1. The Hall–Kier alpha value is -3.11. The van der Waals surface area contributed by atoms with E-state index in [9.17, 15) is 4.79 Å². The van der Waals surface area contributed by atoms with Gasteiger partial charge in [-0.25, -0.2) is 4.79 Å². The number of rotatable bonds is 7. The topological polar surface area (TPSA) is 38.8 Å². The van der Waals surface area contributed by atoms with Crippen molar-refractivity contribution in [2.75, 3.05) is 13.2 Å². The molecule has 0 saturated carbocycles. The van der Waals surface area contributed by atoms with Gasteiger partial charge in [-0.05, 0) is 30.5 Å². The molecule has 0 aromatic heterocycles. The Labute approximate surface area is 178 Å². The zero-order chi connectivity index (χ0) is 21.0. The van der Waals surface area contributed by atoms with Gasteiger partial charge in [-0.3, -0.25) is 0 Å². The van der Waals surface area contributed by atoms with E-state index in [0.29, 0.717) is 13.2 Å². The van der Waals surface area contributed by atoms with Gasteiger partial charge in [0.25, 0.3) is 0 Å². The Kier molecular flexibility index (Phi) is 5.86. The quantitative estimate of drug-likeness (QED) is 0.509. The van der Waals surface area contributed by atoms with Gasteiger partial charge in [0, 0.05) is 6.04 Å². The zero-order valence-corrected chi connectivity index (χ0v) is 17.4. The van der Waals surface area contributed by atoms with Crippen molar-refractivity contribution in [3.05, 3.63) is 108 Å². The number of benzene rings is 3. The van der Waals surface area contributed by atoms with Crippen molar-refractivity contribution in [3.63, 3.8) is 0 Å². The summed E-state index contributed by atoms with van der Waals surface area (Å²) in [4.78, 5) is 13.9. The van der Waals surface area contributed by atoms with Crippen molar-refractivity contribution in [3.8, 4) is 0 Å². The second-order valence-corrected chi connectivity index (χ2v) is 7.84. The van der Waals surface area contributed by atoms with Crippen LogP contribution in [0.25, 0.3) is 0 Å². The Balaban J connectivity index is 1.75. The highest BCUT2D eigenvalue weighted by Crippen LogP contribution is 2.40. The molecule has 0 spiro atoms. The third kappa shape index (κ3) is 3.83. The molecule has 1 saturated heterocycles. The van der Waals surface area contributed by atoms with Crippen LogP contribution in [-0.4, -0.2) is 36.3 Å². The van der Waals surface area contributed by atoms with E-state index in [1.165, 1.54) is 0 Å². The summed E-state index contributed by atoms with van der Waals surface area (Å²) in [5.74, 6) is 0. The van der Waals surface area contributed by atoms with E-state index in [1.54, 1.807) is 4.90 Å². The first-order chi connectivity index (χ1) is 14.6. The molecule has 0 aliphatic carbocycles. The largest absolute Gasteiger partial charge is 0.442 e. The number of hydrogen-bond acceptors (Lipinski definition) is 3. The summed E-state index contributed by atoms with van der Waals surface area (Å²) in [6.07, 6.45) is -0.584. The minimum atomic E-state index is -0.804. The molecular formula is C26H27NO3. The van der Waals surface area contributed by atoms with Gasteiger partial charge in [-0.15, -0.1) is 0 Å². The van der Waals surface area contributed by atoms with Crippen molar-refractivity contribution >= 4 is 6.09 Å². The van der Waals surface area contributed by atoms with Crippen LogP contribution >= 0.6 is 0 Å². The molecule has 30 heavy (non-hydrogen) atoms. The third-order valence-corrected chi connectivity index (χ3v) is 5.55. The van der Waals surface area contributed by atoms with Crippen LogP contribution < -0.4 is 0 Å². The molecule has 1 atom stereocenters. The lowest BCUT2D eigenvalue weighted by Gasteiger charge is -2.36. The molecule has 1 heterocycles. The van der Waals surface area contributed by atoms with E-state index in [1.807, 2.05) is 68.4 Å². The van der Waals surface area contributed by atoms with Gasteiger partial charge in [-0.1, -0.05) is 91.0 Å². The standard InChI is InChI=1S/C26H27NO3/c1-20(2)27-18-24(30-25(27)28)19-29-26(21-12-6-3-7-13-21,22-14-8-4-9-15-22)23-16-10-5-11-17-23/h3-17,20,24H,18-19H2,1-2H3/t24-/m0/s1. The number of amides is 1. The van der Waals surface area contributed by atoms with Crippen molar-refractivity contribution < 1.29 is 14.3 Å². The molecule has 1 aliphatic heterocycles. The maximum absolute atomic E-state index is 12.2. The van der Waals surface area contributed by atoms with Crippen LogP contribution in [0, 0.1) is 0 Å². The van der Waals surface area contributed by atoms with E-state index >= 15 is 0 Å². The Morgan fingerprint density at radius 1 is 0.867 bits per heavy atom. The predicted octanol–water partition coefficient (Wildman–Crippen LogP) is 5.22. The van der Waals surface area contributed by atoms with Gasteiger partial charge in [0.2, 0.25) is 0 Å². The molecule has 0 unspecified atom stereocenters. The second kappa shape index (κ2) is 8.72. The predicted molar refractivity (Wildman–Crippen MR) is 117 cm³/mol. The number of carbonyl (C=O) groups is 1. The van der Waals surface area contributed by atoms with Crippen LogP contribution in [0.2, 0.25) is 0 Å². The van der Waals surface area contributed by atoms with Crippen molar-refractivity contribution in [2.24, 2.45) is 0 Å². The first-order valence-electron chi connectivity index (χ1n) is 10.4. The zero-order valence-electron chi connectivity index (χ0n) is 17.4. The highest BCUT2D eigenvalue weighted by molar-refractivity contribution is 5.70. The molecule has 3 aromatic rings. The molecule has 4 rings (SSSR count). The van der Waals surface area contributed by atoms with Crippen molar-refractivity contribution in [2.45, 2.75) is 31.6 Å². The van der Waals surface area contributed by atoms with Crippen LogP contribution in [0.1, 0.15) is 30.5 Å². The monoisotopic (exact) mass is 401 g/mol. The number of hydrogen-bond donors (Lipinski definition) is 0. The minimum absolute atomic E-state index is 0.102. The van der Waals surface area contributed by atoms with Crippen LogP contribution in [0.15, 0.2) is 91.0 Å². The molecule has 0 N–H and O–H groups in total. The van der Waals surface area contributed by atoms with Gasteiger partial charge in [0.1, 0.15) is 11.7 Å². The van der Waals surface area contributed by atoms with Crippen molar-refractivity contribution in [1.82, 2.24) is 4.90 Å². The summed E-state index contributed by atoms with van der Waals surface area (Å²) in [6.45, 7) is 4.82. The number of cyclic esters (lactones) is 1. The van der Waals surface area contributed by atoms with Gasteiger partial charge in [-0.2, -0.15) is 0 Å². The Morgan fingerprint density at radius 2 is 1.30 bits per heavy atom. The summed E-state index contributed by atoms with van der Waals surface area (Å²) >= 11 is 0. The third-order valence-electron chi connectivity index (χ3n) is 5.55. The summed E-state index contributed by atoms with van der Waals surface area (Å²) in [5, 5.41) is 0. The Morgan fingerprint density at radius 3 is 1.67 bits per heavy atom. The lowest BCUT2D eigenvalue weighted by molar-refractivity contribution is -0.0298. The van der Waals surface area contributed by atoms with Gasteiger partial charge in [0.15, 0.2) is 0 Å². The van der Waals surface area contributed by atoms with E-state index in [2.05, 4.69) is 36.4 Å². The molecule has 0 bridgehead atoms. The normalized spacial score (nSPS) is 16.7. The number of ether oxygens (including phenoxy) is 2. The molecule has 1 aliphatic rings. The fourth-order valence-electron chi connectivity index (χ4n) is 4.04. The summed E-state index contributed by atoms with van der Waals surface area (Å²) in [6, 6.07) is 30.8. The van der Waals surface area contributed by atoms with E-state index in [-0.39, 0.29) is 18.2 Å². The second-order valence-electron chi connectivity index (χ2n) is 7.84.